The molecule has 1 unspecified atom stereocenters. The van der Waals surface area contributed by atoms with Crippen molar-refractivity contribution in [2.24, 2.45) is 4.99 Å². The van der Waals surface area contributed by atoms with Gasteiger partial charge in [0.05, 0.1) is 19.7 Å². The minimum Gasteiger partial charge on any atom is -1.00 e. The molecule has 0 saturated heterocycles. The molecule has 0 aromatic carbocycles. The maximum absolute atomic E-state index is 9.85. The molecule has 0 amide bonds. The number of nitrogens with zero attached hydrogens (tertiary/aromatic N) is 2. The summed E-state index contributed by atoms with van der Waals surface area (Å²) in [5.74, 6) is 1.24. The summed E-state index contributed by atoms with van der Waals surface area (Å²) >= 11 is 0. The molecule has 0 aliphatic carbocycles. The van der Waals surface area contributed by atoms with Gasteiger partial charge in [0.15, 0.2) is 0 Å². The summed E-state index contributed by atoms with van der Waals surface area (Å²) in [5.41, 5.74) is 0. The number of rotatable bonds is 34. The van der Waals surface area contributed by atoms with E-state index in [1.165, 1.54) is 198 Å². The molecule has 1 aliphatic heterocycles. The highest BCUT2D eigenvalue weighted by molar-refractivity contribution is 5.88. The highest BCUT2D eigenvalue weighted by Crippen LogP contribution is 2.20. The fourth-order valence-corrected chi connectivity index (χ4v) is 7.02. The number of amidine groups is 1. The van der Waals surface area contributed by atoms with Crippen LogP contribution in [0.15, 0.2) is 17.1 Å². The minimum absolute atomic E-state index is 0. The molecule has 0 bridgehead atoms. The van der Waals surface area contributed by atoms with Gasteiger partial charge in [0, 0.05) is 6.08 Å². The standard InChI is InChI=1S/C40H79N2O.ClH/c1-3-5-7-9-11-13-15-17-19-21-23-25-27-29-31-33-36-42(38-39-43)37-35-41-40(42)34-32-30-28-26-24-22-20-18-16-14-12-10-8-6-4-2;/h32,34,43H,3-31,33,35-39H2,1-2H3;1H/q+1;/p-1. The Balaban J connectivity index is 0.0000185. The summed E-state index contributed by atoms with van der Waals surface area (Å²) in [5, 5.41) is 9.85. The average Bonchev–Trinajstić information content (AvgIpc) is 3.41. The zero-order valence-electron chi connectivity index (χ0n) is 30.1. The van der Waals surface area contributed by atoms with Gasteiger partial charge in [-0.25, -0.2) is 4.99 Å². The quantitative estimate of drug-likeness (QED) is 0.0552. The first kappa shape index (κ1) is 43.6. The molecular formula is C40H79ClN2O. The summed E-state index contributed by atoms with van der Waals surface area (Å²) in [4.78, 5) is 4.89. The number of aliphatic imine (C=N–C) groups is 1. The van der Waals surface area contributed by atoms with E-state index in [0.29, 0.717) is 0 Å². The van der Waals surface area contributed by atoms with Gasteiger partial charge in [-0.2, -0.15) is 0 Å². The fraction of sp³-hybridized carbons (Fsp3) is 0.925. The molecule has 262 valence electrons. The van der Waals surface area contributed by atoms with E-state index >= 15 is 0 Å². The van der Waals surface area contributed by atoms with Gasteiger partial charge in [-0.15, -0.1) is 0 Å². The number of aliphatic hydroxyl groups excluding tert-OH is 1. The van der Waals surface area contributed by atoms with E-state index in [1.54, 1.807) is 0 Å². The van der Waals surface area contributed by atoms with Crippen LogP contribution < -0.4 is 12.4 Å². The van der Waals surface area contributed by atoms with Crippen LogP contribution in [-0.4, -0.2) is 48.2 Å². The second-order valence-electron chi connectivity index (χ2n) is 14.0. The highest BCUT2D eigenvalue weighted by Gasteiger charge is 2.35. The maximum atomic E-state index is 9.85. The molecule has 4 heteroatoms. The molecule has 0 spiro atoms. The van der Waals surface area contributed by atoms with Crippen molar-refractivity contribution in [1.29, 1.82) is 0 Å². The molecule has 1 aliphatic rings. The van der Waals surface area contributed by atoms with Crippen LogP contribution in [0.2, 0.25) is 0 Å². The lowest BCUT2D eigenvalue weighted by Gasteiger charge is -2.33. The SMILES string of the molecule is CCCCCCCCCCCCCCCC=CC1=NCC[N+]1(CCO)CCCCCCCCCCCCCCCCCC.[Cl-]. The molecule has 1 atom stereocenters. The largest absolute Gasteiger partial charge is 1.00 e. The van der Waals surface area contributed by atoms with Crippen LogP contribution in [-0.2, 0) is 0 Å². The second kappa shape index (κ2) is 34.0. The third-order valence-corrected chi connectivity index (χ3v) is 10.00. The van der Waals surface area contributed by atoms with Crippen LogP contribution in [0.3, 0.4) is 0 Å². The second-order valence-corrected chi connectivity index (χ2v) is 14.0. The van der Waals surface area contributed by atoms with Crippen molar-refractivity contribution in [2.75, 3.05) is 32.8 Å². The zero-order chi connectivity index (χ0) is 30.9. The molecule has 1 heterocycles. The Morgan fingerprint density at radius 2 is 0.886 bits per heavy atom. The summed E-state index contributed by atoms with van der Waals surface area (Å²) in [7, 11) is 0. The lowest BCUT2D eigenvalue weighted by Crippen LogP contribution is -3.00. The topological polar surface area (TPSA) is 32.6 Å². The lowest BCUT2D eigenvalue weighted by molar-refractivity contribution is -0.834. The van der Waals surface area contributed by atoms with E-state index in [0.717, 1.165) is 30.7 Å². The third-order valence-electron chi connectivity index (χ3n) is 10.00. The lowest BCUT2D eigenvalue weighted by atomic mass is 10.0. The van der Waals surface area contributed by atoms with Crippen LogP contribution >= 0.6 is 0 Å². The van der Waals surface area contributed by atoms with E-state index < -0.39 is 0 Å². The first-order chi connectivity index (χ1) is 21.3. The van der Waals surface area contributed by atoms with Crippen LogP contribution in [0.5, 0.6) is 0 Å². The first-order valence-corrected chi connectivity index (χ1v) is 20.0. The van der Waals surface area contributed by atoms with Crippen LogP contribution in [0.1, 0.15) is 206 Å². The Kier molecular flexibility index (Phi) is 33.7. The van der Waals surface area contributed by atoms with Gasteiger partial charge in [0.2, 0.25) is 5.84 Å². The van der Waals surface area contributed by atoms with E-state index in [1.807, 2.05) is 0 Å². The number of hydrogen-bond donors (Lipinski definition) is 1. The van der Waals surface area contributed by atoms with Crippen molar-refractivity contribution in [3.8, 4) is 0 Å². The van der Waals surface area contributed by atoms with Crippen LogP contribution in [0.4, 0.5) is 0 Å². The van der Waals surface area contributed by atoms with Crippen LogP contribution in [0.25, 0.3) is 0 Å². The van der Waals surface area contributed by atoms with Gasteiger partial charge in [0.1, 0.15) is 13.1 Å². The van der Waals surface area contributed by atoms with Gasteiger partial charge in [0.25, 0.3) is 0 Å². The number of hydrogen-bond acceptors (Lipinski definition) is 2. The minimum atomic E-state index is 0. The molecule has 1 N–H and O–H groups in total. The van der Waals surface area contributed by atoms with E-state index in [-0.39, 0.29) is 19.0 Å². The monoisotopic (exact) mass is 639 g/mol. The summed E-state index contributed by atoms with van der Waals surface area (Å²) in [6.45, 7) is 8.86. The van der Waals surface area contributed by atoms with Crippen LogP contribution in [0, 0.1) is 0 Å². The zero-order valence-corrected chi connectivity index (χ0v) is 30.9. The number of quaternary nitrogens is 1. The molecule has 1 rings (SSSR count). The molecule has 0 aromatic heterocycles. The molecule has 44 heavy (non-hydrogen) atoms. The van der Waals surface area contributed by atoms with Crippen molar-refractivity contribution in [1.82, 2.24) is 0 Å². The van der Waals surface area contributed by atoms with Crippen molar-refractivity contribution < 1.29 is 22.0 Å². The number of halogens is 1. The summed E-state index contributed by atoms with van der Waals surface area (Å²) in [6, 6.07) is 0. The third kappa shape index (κ3) is 24.8. The van der Waals surface area contributed by atoms with Crippen molar-refractivity contribution in [3.05, 3.63) is 12.2 Å². The molecule has 3 nitrogen and oxygen atoms in total. The predicted octanol–water partition coefficient (Wildman–Crippen LogP) is 9.51. The average molecular weight is 640 g/mol. The summed E-state index contributed by atoms with van der Waals surface area (Å²) < 4.78 is 0.921. The van der Waals surface area contributed by atoms with Gasteiger partial charge >= 0.3 is 0 Å². The Morgan fingerprint density at radius 1 is 0.523 bits per heavy atom. The molecule has 0 aromatic rings. The maximum Gasteiger partial charge on any atom is 0.222 e. The van der Waals surface area contributed by atoms with Gasteiger partial charge in [-0.05, 0) is 25.7 Å². The van der Waals surface area contributed by atoms with Gasteiger partial charge in [-0.3, -0.25) is 4.48 Å². The fourth-order valence-electron chi connectivity index (χ4n) is 7.02. The number of aliphatic hydroxyl groups is 1. The first-order valence-electron chi connectivity index (χ1n) is 20.0. The summed E-state index contributed by atoms with van der Waals surface area (Å²) in [6.07, 6.45) is 46.9. The smallest absolute Gasteiger partial charge is 0.222 e. The van der Waals surface area contributed by atoms with Crippen molar-refractivity contribution >= 4 is 5.84 Å². The van der Waals surface area contributed by atoms with Gasteiger partial charge in [-0.1, -0.05) is 187 Å². The number of allylic oxidation sites excluding steroid dienone is 1. The highest BCUT2D eigenvalue weighted by atomic mass is 35.5. The Morgan fingerprint density at radius 3 is 1.27 bits per heavy atom. The van der Waals surface area contributed by atoms with Crippen molar-refractivity contribution in [2.45, 2.75) is 206 Å². The molecule has 0 fully saturated rings. The number of unbranched alkanes of at least 4 members (excludes halogenated alkanes) is 28. The van der Waals surface area contributed by atoms with Gasteiger partial charge < -0.3 is 17.5 Å². The normalized spacial score (nSPS) is 16.6. The predicted molar refractivity (Wildman–Crippen MR) is 193 cm³/mol. The van der Waals surface area contributed by atoms with E-state index in [4.69, 9.17) is 4.99 Å². The Labute approximate surface area is 283 Å². The van der Waals surface area contributed by atoms with Crippen molar-refractivity contribution in [3.63, 3.8) is 0 Å². The Bertz CT molecular complexity index is 637. The van der Waals surface area contributed by atoms with E-state index in [2.05, 4.69) is 26.0 Å². The molecule has 0 radical (unpaired) electrons. The Hall–Kier alpha value is -0.380. The van der Waals surface area contributed by atoms with E-state index in [9.17, 15) is 5.11 Å². The molecular weight excluding hydrogens is 560 g/mol. The molecule has 0 saturated carbocycles.